The smallest absolute Gasteiger partial charge is 0.416 e. The van der Waals surface area contributed by atoms with Crippen LogP contribution in [0.4, 0.5) is 13.2 Å². The summed E-state index contributed by atoms with van der Waals surface area (Å²) in [5, 5.41) is 9.28. The first-order chi connectivity index (χ1) is 11.2. The van der Waals surface area contributed by atoms with Gasteiger partial charge >= 0.3 is 6.18 Å². The van der Waals surface area contributed by atoms with Crippen LogP contribution in [-0.2, 0) is 11.0 Å². The van der Waals surface area contributed by atoms with E-state index in [1.165, 1.54) is 25.3 Å². The third kappa shape index (κ3) is 4.15. The minimum absolute atomic E-state index is 0.0512. The molecule has 128 valence electrons. The Labute approximate surface area is 136 Å². The van der Waals surface area contributed by atoms with E-state index in [1.54, 1.807) is 6.92 Å². The summed E-state index contributed by atoms with van der Waals surface area (Å²) >= 11 is 0. The van der Waals surface area contributed by atoms with Gasteiger partial charge in [-0.1, -0.05) is 6.92 Å². The van der Waals surface area contributed by atoms with Gasteiger partial charge in [0.15, 0.2) is 5.75 Å². The zero-order chi connectivity index (χ0) is 17.9. The normalized spacial score (nSPS) is 12.5. The van der Waals surface area contributed by atoms with Gasteiger partial charge in [0.1, 0.15) is 5.75 Å². The van der Waals surface area contributed by atoms with E-state index < -0.39 is 23.6 Å². The summed E-state index contributed by atoms with van der Waals surface area (Å²) in [7, 11) is 0. The highest BCUT2D eigenvalue weighted by Crippen LogP contribution is 2.37. The predicted molar refractivity (Wildman–Crippen MR) is 79.3 cm³/mol. The maximum atomic E-state index is 13.0. The lowest BCUT2D eigenvalue weighted by Crippen LogP contribution is -2.24. The fourth-order valence-electron chi connectivity index (χ4n) is 2.10. The number of aromatic nitrogens is 1. The number of halogens is 3. The van der Waals surface area contributed by atoms with Gasteiger partial charge in [0, 0.05) is 24.1 Å². The summed E-state index contributed by atoms with van der Waals surface area (Å²) in [5.74, 6) is -1.02. The number of hydrogen-bond acceptors (Lipinski definition) is 4. The van der Waals surface area contributed by atoms with Gasteiger partial charge in [0.25, 0.3) is 0 Å². The van der Waals surface area contributed by atoms with E-state index >= 15 is 0 Å². The second-order valence-corrected chi connectivity index (χ2v) is 5.17. The van der Waals surface area contributed by atoms with Crippen molar-refractivity contribution in [1.29, 1.82) is 0 Å². The van der Waals surface area contributed by atoms with Crippen molar-refractivity contribution in [2.45, 2.75) is 25.9 Å². The molecule has 0 fully saturated rings. The van der Waals surface area contributed by atoms with E-state index in [9.17, 15) is 23.1 Å². The molecular weight excluding hydrogens is 325 g/mol. The van der Waals surface area contributed by atoms with Crippen LogP contribution in [0.1, 0.15) is 36.6 Å². The van der Waals surface area contributed by atoms with Gasteiger partial charge in [-0.15, -0.1) is 0 Å². The molecule has 2 rings (SSSR count). The molecule has 0 saturated carbocycles. The monoisotopic (exact) mass is 340 g/mol. The van der Waals surface area contributed by atoms with Crippen molar-refractivity contribution < 1.29 is 27.9 Å². The van der Waals surface area contributed by atoms with Crippen LogP contribution in [-0.4, -0.2) is 16.0 Å². The molecule has 0 saturated heterocycles. The number of carbonyl (C=O) groups excluding carboxylic acids is 1. The van der Waals surface area contributed by atoms with Crippen molar-refractivity contribution in [2.24, 2.45) is 0 Å². The number of alkyl halides is 3. The van der Waals surface area contributed by atoms with Gasteiger partial charge in [0.2, 0.25) is 5.91 Å². The zero-order valence-electron chi connectivity index (χ0n) is 12.9. The molecule has 0 aliphatic rings. The lowest BCUT2D eigenvalue weighted by Gasteiger charge is -2.18. The molecule has 1 aromatic carbocycles. The molecule has 2 N–H and O–H groups in total. The summed E-state index contributed by atoms with van der Waals surface area (Å²) in [4.78, 5) is 20.1. The van der Waals surface area contributed by atoms with Crippen molar-refractivity contribution >= 4 is 5.91 Å². The van der Waals surface area contributed by atoms with Gasteiger partial charge in [-0.05, 0) is 30.3 Å². The van der Waals surface area contributed by atoms with Crippen LogP contribution in [0.3, 0.4) is 0 Å². The highest BCUT2D eigenvalue weighted by Gasteiger charge is 2.32. The van der Waals surface area contributed by atoms with Crippen molar-refractivity contribution in [3.63, 3.8) is 0 Å². The molecule has 8 heteroatoms. The van der Waals surface area contributed by atoms with Crippen molar-refractivity contribution in [3.05, 3.63) is 53.3 Å². The van der Waals surface area contributed by atoms with Crippen LogP contribution in [0.25, 0.3) is 0 Å². The minimum Gasteiger partial charge on any atom is -0.506 e. The first kappa shape index (κ1) is 17.6. The minimum atomic E-state index is -4.51. The van der Waals surface area contributed by atoms with E-state index in [0.717, 1.165) is 18.2 Å². The Bertz CT molecular complexity index is 730. The molecule has 0 unspecified atom stereocenters. The fourth-order valence-corrected chi connectivity index (χ4v) is 2.10. The van der Waals surface area contributed by atoms with Crippen molar-refractivity contribution in [3.8, 4) is 11.5 Å². The van der Waals surface area contributed by atoms with Gasteiger partial charge in [-0.2, -0.15) is 18.7 Å². The summed E-state index contributed by atoms with van der Waals surface area (Å²) in [6, 6.07) is 5.86. The molecule has 5 nitrogen and oxygen atoms in total. The summed E-state index contributed by atoms with van der Waals surface area (Å²) in [6.07, 6.45) is -3.31. The maximum absolute atomic E-state index is 13.0. The van der Waals surface area contributed by atoms with Crippen molar-refractivity contribution in [1.82, 2.24) is 10.5 Å². The molecular formula is C16H15F3N2O3. The SMILES string of the molecule is CC(=O)NOc1ccc(C(F)(F)F)cc1[C@@H](C)c1ccc(O)cn1. The Morgan fingerprint density at radius 2 is 2.00 bits per heavy atom. The summed E-state index contributed by atoms with van der Waals surface area (Å²) in [6.45, 7) is 2.87. The topological polar surface area (TPSA) is 71.5 Å². The van der Waals surface area contributed by atoms with Gasteiger partial charge < -0.3 is 9.94 Å². The Hall–Kier alpha value is -2.77. The van der Waals surface area contributed by atoms with Crippen LogP contribution in [0.15, 0.2) is 36.5 Å². The quantitative estimate of drug-likeness (QED) is 0.837. The van der Waals surface area contributed by atoms with Crippen LogP contribution < -0.4 is 10.3 Å². The maximum Gasteiger partial charge on any atom is 0.416 e. The standard InChI is InChI=1S/C16H15F3N2O3/c1-9(14-5-4-12(23)8-20-14)13-7-11(16(17,18)19)3-6-15(13)24-21-10(2)22/h3-9,23H,1-2H3,(H,21,22)/t9-/m1/s1. The zero-order valence-corrected chi connectivity index (χ0v) is 12.9. The van der Waals surface area contributed by atoms with E-state index in [4.69, 9.17) is 4.84 Å². The molecule has 1 atom stereocenters. The van der Waals surface area contributed by atoms with Crippen LogP contribution in [0.5, 0.6) is 11.5 Å². The first-order valence-electron chi connectivity index (χ1n) is 6.98. The highest BCUT2D eigenvalue weighted by molar-refractivity contribution is 5.71. The molecule has 1 amide bonds. The Morgan fingerprint density at radius 1 is 1.29 bits per heavy atom. The number of hydrogen-bond donors (Lipinski definition) is 2. The molecule has 2 aromatic rings. The third-order valence-electron chi connectivity index (χ3n) is 3.32. The van der Waals surface area contributed by atoms with Crippen LogP contribution in [0, 0.1) is 0 Å². The average Bonchev–Trinajstić information content (AvgIpc) is 2.52. The lowest BCUT2D eigenvalue weighted by molar-refractivity contribution is -0.137. The van der Waals surface area contributed by atoms with Gasteiger partial charge in [-0.25, -0.2) is 0 Å². The second kappa shape index (κ2) is 6.77. The Morgan fingerprint density at radius 3 is 2.54 bits per heavy atom. The van der Waals surface area contributed by atoms with Crippen molar-refractivity contribution in [2.75, 3.05) is 0 Å². The number of nitrogens with one attached hydrogen (secondary N) is 1. The Kier molecular flexibility index (Phi) is 4.96. The van der Waals surface area contributed by atoms with Gasteiger partial charge in [0.05, 0.1) is 11.8 Å². The number of pyridine rings is 1. The molecule has 1 aromatic heterocycles. The molecule has 0 aliphatic heterocycles. The Balaban J connectivity index is 2.45. The lowest BCUT2D eigenvalue weighted by atomic mass is 9.94. The average molecular weight is 340 g/mol. The van der Waals surface area contributed by atoms with Crippen LogP contribution >= 0.6 is 0 Å². The van der Waals surface area contributed by atoms with E-state index in [0.29, 0.717) is 5.69 Å². The van der Waals surface area contributed by atoms with E-state index in [1.807, 2.05) is 0 Å². The molecule has 1 heterocycles. The fraction of sp³-hybridized carbons (Fsp3) is 0.250. The molecule has 0 bridgehead atoms. The largest absolute Gasteiger partial charge is 0.506 e. The second-order valence-electron chi connectivity index (χ2n) is 5.17. The number of rotatable bonds is 4. The summed E-state index contributed by atoms with van der Waals surface area (Å²) in [5.41, 5.74) is 1.91. The predicted octanol–water partition coefficient (Wildman–Crippen LogP) is 3.39. The number of nitrogens with zero attached hydrogens (tertiary/aromatic N) is 1. The summed E-state index contributed by atoms with van der Waals surface area (Å²) < 4.78 is 38.9. The highest BCUT2D eigenvalue weighted by atomic mass is 19.4. The van der Waals surface area contributed by atoms with E-state index in [2.05, 4.69) is 10.5 Å². The molecule has 24 heavy (non-hydrogen) atoms. The molecule has 0 aliphatic carbocycles. The molecule has 0 radical (unpaired) electrons. The first-order valence-corrected chi connectivity index (χ1v) is 6.98. The van der Waals surface area contributed by atoms with Crippen LogP contribution in [0.2, 0.25) is 0 Å². The number of carbonyl (C=O) groups is 1. The van der Waals surface area contributed by atoms with E-state index in [-0.39, 0.29) is 17.1 Å². The number of benzene rings is 1. The number of aromatic hydroxyl groups is 1. The molecule has 0 spiro atoms. The third-order valence-corrected chi connectivity index (χ3v) is 3.32. The number of hydroxylamine groups is 1. The number of amides is 1. The van der Waals surface area contributed by atoms with Gasteiger partial charge in [-0.3, -0.25) is 9.78 Å².